The first-order chi connectivity index (χ1) is 7.22. The van der Waals surface area contributed by atoms with Gasteiger partial charge in [-0.2, -0.15) is 0 Å². The van der Waals surface area contributed by atoms with Crippen LogP contribution in [-0.2, 0) is 4.79 Å². The number of nitrogens with zero attached hydrogens (tertiary/aromatic N) is 2. The zero-order chi connectivity index (χ0) is 10.8. The number of piperazine rings is 1. The molecule has 4 nitrogen and oxygen atoms in total. The standard InChI is InChI=1S/C11H21N3O/c1-9(8-12)13-4-6-14(7-5-13)11(15)10-2-3-10/h9-10H,2-8,12H2,1H3. The summed E-state index contributed by atoms with van der Waals surface area (Å²) in [6, 6.07) is 0.447. The molecule has 1 saturated carbocycles. The van der Waals surface area contributed by atoms with Gasteiger partial charge in [0.2, 0.25) is 5.91 Å². The van der Waals surface area contributed by atoms with E-state index in [4.69, 9.17) is 5.73 Å². The van der Waals surface area contributed by atoms with Gasteiger partial charge in [0.15, 0.2) is 0 Å². The first-order valence-corrected chi connectivity index (χ1v) is 5.95. The molecule has 0 aromatic heterocycles. The molecule has 1 aliphatic heterocycles. The Kier molecular flexibility index (Phi) is 3.26. The van der Waals surface area contributed by atoms with Gasteiger partial charge in [0.1, 0.15) is 0 Å². The van der Waals surface area contributed by atoms with E-state index in [2.05, 4.69) is 11.8 Å². The molecule has 0 radical (unpaired) electrons. The Balaban J connectivity index is 1.78. The molecule has 0 aromatic carbocycles. The summed E-state index contributed by atoms with van der Waals surface area (Å²) in [5.41, 5.74) is 5.63. The van der Waals surface area contributed by atoms with Gasteiger partial charge in [-0.15, -0.1) is 0 Å². The predicted molar refractivity (Wildman–Crippen MR) is 59.4 cm³/mol. The minimum absolute atomic E-state index is 0.364. The third kappa shape index (κ3) is 2.49. The number of amides is 1. The molecule has 1 unspecified atom stereocenters. The lowest BCUT2D eigenvalue weighted by molar-refractivity contribution is -0.134. The highest BCUT2D eigenvalue weighted by Crippen LogP contribution is 2.31. The molecule has 2 aliphatic rings. The molecule has 0 bridgehead atoms. The molecule has 4 heteroatoms. The van der Waals surface area contributed by atoms with Crippen molar-refractivity contribution in [1.82, 2.24) is 9.80 Å². The number of hydrogen-bond donors (Lipinski definition) is 1. The van der Waals surface area contributed by atoms with Crippen molar-refractivity contribution < 1.29 is 4.79 Å². The minimum Gasteiger partial charge on any atom is -0.340 e. The van der Waals surface area contributed by atoms with Gasteiger partial charge < -0.3 is 10.6 Å². The maximum atomic E-state index is 11.8. The fourth-order valence-corrected chi connectivity index (χ4v) is 2.12. The molecule has 2 N–H and O–H groups in total. The van der Waals surface area contributed by atoms with Crippen LogP contribution in [0.25, 0.3) is 0 Å². The first kappa shape index (κ1) is 10.9. The summed E-state index contributed by atoms with van der Waals surface area (Å²) in [7, 11) is 0. The summed E-state index contributed by atoms with van der Waals surface area (Å²) in [5, 5.41) is 0. The monoisotopic (exact) mass is 211 g/mol. The highest BCUT2D eigenvalue weighted by Gasteiger charge is 2.34. The molecule has 1 atom stereocenters. The maximum absolute atomic E-state index is 11.8. The van der Waals surface area contributed by atoms with E-state index in [0.29, 0.717) is 24.4 Å². The fraction of sp³-hybridized carbons (Fsp3) is 0.909. The Labute approximate surface area is 91.4 Å². The van der Waals surface area contributed by atoms with Crippen molar-refractivity contribution in [3.8, 4) is 0 Å². The molecule has 0 spiro atoms. The average Bonchev–Trinajstić information content (AvgIpc) is 3.11. The highest BCUT2D eigenvalue weighted by atomic mass is 16.2. The summed E-state index contributed by atoms with van der Waals surface area (Å²) in [6.07, 6.45) is 2.22. The molecule has 1 saturated heterocycles. The van der Waals surface area contributed by atoms with Gasteiger partial charge in [0.25, 0.3) is 0 Å². The number of carbonyl (C=O) groups excluding carboxylic acids is 1. The van der Waals surface area contributed by atoms with Crippen LogP contribution in [-0.4, -0.2) is 54.5 Å². The molecule has 2 rings (SSSR count). The molecule has 15 heavy (non-hydrogen) atoms. The topological polar surface area (TPSA) is 49.6 Å². The molecule has 1 heterocycles. The van der Waals surface area contributed by atoms with E-state index < -0.39 is 0 Å². The van der Waals surface area contributed by atoms with Crippen molar-refractivity contribution in [3.63, 3.8) is 0 Å². The van der Waals surface area contributed by atoms with Gasteiger partial charge in [0.05, 0.1) is 0 Å². The van der Waals surface area contributed by atoms with Gasteiger partial charge >= 0.3 is 0 Å². The normalized spacial score (nSPS) is 25.3. The Bertz CT molecular complexity index is 232. The van der Waals surface area contributed by atoms with E-state index in [1.807, 2.05) is 4.90 Å². The first-order valence-electron chi connectivity index (χ1n) is 5.95. The van der Waals surface area contributed by atoms with Crippen LogP contribution in [0.2, 0.25) is 0 Å². The second-order valence-electron chi connectivity index (χ2n) is 4.72. The average molecular weight is 211 g/mol. The second-order valence-corrected chi connectivity index (χ2v) is 4.72. The largest absolute Gasteiger partial charge is 0.340 e. The summed E-state index contributed by atoms with van der Waals surface area (Å²) >= 11 is 0. The SMILES string of the molecule is CC(CN)N1CCN(C(=O)C2CC2)CC1. The van der Waals surface area contributed by atoms with Gasteiger partial charge in [-0.25, -0.2) is 0 Å². The Hall–Kier alpha value is -0.610. The van der Waals surface area contributed by atoms with E-state index in [0.717, 1.165) is 39.0 Å². The van der Waals surface area contributed by atoms with Gasteiger partial charge in [0, 0.05) is 44.7 Å². The van der Waals surface area contributed by atoms with E-state index in [-0.39, 0.29) is 0 Å². The zero-order valence-corrected chi connectivity index (χ0v) is 9.48. The van der Waals surface area contributed by atoms with Gasteiger partial charge in [-0.1, -0.05) is 0 Å². The number of carbonyl (C=O) groups is 1. The lowest BCUT2D eigenvalue weighted by Gasteiger charge is -2.37. The van der Waals surface area contributed by atoms with Crippen LogP contribution in [0.4, 0.5) is 0 Å². The number of rotatable bonds is 3. The van der Waals surface area contributed by atoms with E-state index >= 15 is 0 Å². The third-order valence-corrected chi connectivity index (χ3v) is 3.52. The van der Waals surface area contributed by atoms with Crippen LogP contribution >= 0.6 is 0 Å². The molecule has 0 aromatic rings. The van der Waals surface area contributed by atoms with Crippen molar-refractivity contribution in [2.75, 3.05) is 32.7 Å². The van der Waals surface area contributed by atoms with Crippen molar-refractivity contribution in [3.05, 3.63) is 0 Å². The van der Waals surface area contributed by atoms with Crippen molar-refractivity contribution >= 4 is 5.91 Å². The number of nitrogens with two attached hydrogens (primary N) is 1. The summed E-state index contributed by atoms with van der Waals surface area (Å²) in [4.78, 5) is 16.2. The van der Waals surface area contributed by atoms with Crippen molar-refractivity contribution in [2.24, 2.45) is 11.7 Å². The molecule has 1 amide bonds. The van der Waals surface area contributed by atoms with Crippen LogP contribution < -0.4 is 5.73 Å². The van der Waals surface area contributed by atoms with Crippen molar-refractivity contribution in [2.45, 2.75) is 25.8 Å². The summed E-state index contributed by atoms with van der Waals surface area (Å²) in [6.45, 7) is 6.60. The van der Waals surface area contributed by atoms with Crippen LogP contribution in [0.15, 0.2) is 0 Å². The molecule has 1 aliphatic carbocycles. The Morgan fingerprint density at radius 1 is 1.33 bits per heavy atom. The van der Waals surface area contributed by atoms with E-state index in [1.165, 1.54) is 0 Å². The lowest BCUT2D eigenvalue weighted by atomic mass is 10.2. The molecular formula is C11H21N3O. The van der Waals surface area contributed by atoms with Crippen molar-refractivity contribution in [1.29, 1.82) is 0 Å². The van der Waals surface area contributed by atoms with E-state index in [9.17, 15) is 4.79 Å². The Morgan fingerprint density at radius 3 is 2.40 bits per heavy atom. The molecule has 2 fully saturated rings. The predicted octanol–water partition coefficient (Wildman–Crippen LogP) is -0.112. The van der Waals surface area contributed by atoms with Gasteiger partial charge in [-0.3, -0.25) is 9.69 Å². The molecule has 86 valence electrons. The summed E-state index contributed by atoms with van der Waals surface area (Å²) in [5.74, 6) is 0.749. The quantitative estimate of drug-likeness (QED) is 0.708. The van der Waals surface area contributed by atoms with Crippen LogP contribution in [0.1, 0.15) is 19.8 Å². The van der Waals surface area contributed by atoms with Gasteiger partial charge in [-0.05, 0) is 19.8 Å². The zero-order valence-electron chi connectivity index (χ0n) is 9.48. The lowest BCUT2D eigenvalue weighted by Crippen LogP contribution is -2.53. The fourth-order valence-electron chi connectivity index (χ4n) is 2.12. The van der Waals surface area contributed by atoms with E-state index in [1.54, 1.807) is 0 Å². The minimum atomic E-state index is 0.364. The van der Waals surface area contributed by atoms with Crippen LogP contribution in [0.3, 0.4) is 0 Å². The van der Waals surface area contributed by atoms with Crippen LogP contribution in [0.5, 0.6) is 0 Å². The smallest absolute Gasteiger partial charge is 0.225 e. The maximum Gasteiger partial charge on any atom is 0.225 e. The second kappa shape index (κ2) is 4.49. The van der Waals surface area contributed by atoms with Crippen LogP contribution in [0, 0.1) is 5.92 Å². The third-order valence-electron chi connectivity index (χ3n) is 3.52. The summed E-state index contributed by atoms with van der Waals surface area (Å²) < 4.78 is 0. The molecular weight excluding hydrogens is 190 g/mol. The highest BCUT2D eigenvalue weighted by molar-refractivity contribution is 5.81. The Morgan fingerprint density at radius 2 is 1.93 bits per heavy atom. The number of hydrogen-bond acceptors (Lipinski definition) is 3.